The Morgan fingerprint density at radius 2 is 1.86 bits per heavy atom. The van der Waals surface area contributed by atoms with E-state index in [1.807, 2.05) is 26.0 Å². The molecule has 306 valence electrons. The van der Waals surface area contributed by atoms with E-state index in [2.05, 4.69) is 20.3 Å². The number of ether oxygens (including phenoxy) is 3. The third-order valence-electron chi connectivity index (χ3n) is 10.9. The highest BCUT2D eigenvalue weighted by atomic mass is 32.2. The van der Waals surface area contributed by atoms with Crippen molar-refractivity contribution in [2.24, 2.45) is 5.92 Å². The number of hydrogen-bond acceptors (Lipinski definition) is 10. The number of rotatable bonds is 8. The molecule has 2 saturated carbocycles. The van der Waals surface area contributed by atoms with Crippen molar-refractivity contribution in [2.45, 2.75) is 146 Å². The fourth-order valence-corrected chi connectivity index (χ4v) is 8.64. The first-order valence-corrected chi connectivity index (χ1v) is 21.0. The zero-order valence-corrected chi connectivity index (χ0v) is 34.0. The van der Waals surface area contributed by atoms with Gasteiger partial charge in [0.25, 0.3) is 5.91 Å². The number of alkyl carbamates (subject to hydrolysis) is 1. The number of nitrogens with zero attached hydrogens (tertiary/aromatic N) is 2. The molecular weight excluding hydrogens is 746 g/mol. The van der Waals surface area contributed by atoms with Crippen LogP contribution in [-0.4, -0.2) is 88.8 Å². The van der Waals surface area contributed by atoms with Gasteiger partial charge in [-0.05, 0) is 99.1 Å². The van der Waals surface area contributed by atoms with E-state index in [1.54, 1.807) is 46.8 Å². The smallest absolute Gasteiger partial charge is 0.408 e. The quantitative estimate of drug-likeness (QED) is 0.304. The number of aromatic nitrogens is 1. The number of halogens is 1. The molecule has 1 saturated heterocycles. The van der Waals surface area contributed by atoms with Crippen molar-refractivity contribution in [1.29, 1.82) is 0 Å². The third kappa shape index (κ3) is 8.89. The molecule has 5 atom stereocenters. The number of aryl methyl sites for hydroxylation is 1. The highest BCUT2D eigenvalue weighted by Gasteiger charge is 2.63. The first-order valence-electron chi connectivity index (χ1n) is 19.5. The molecule has 3 heterocycles. The molecule has 1 aromatic heterocycles. The van der Waals surface area contributed by atoms with E-state index in [9.17, 15) is 32.0 Å². The van der Waals surface area contributed by atoms with Crippen LogP contribution in [0.5, 0.6) is 11.6 Å². The van der Waals surface area contributed by atoms with Crippen molar-refractivity contribution in [3.8, 4) is 11.6 Å². The van der Waals surface area contributed by atoms with Crippen LogP contribution in [0.2, 0.25) is 0 Å². The number of pyridine rings is 1. The number of carbonyl (C=O) groups is 4. The summed E-state index contributed by atoms with van der Waals surface area (Å²) in [5, 5.41) is 6.10. The first kappa shape index (κ1) is 41.2. The molecule has 16 heteroatoms. The van der Waals surface area contributed by atoms with Crippen LogP contribution in [-0.2, 0) is 29.1 Å². The van der Waals surface area contributed by atoms with Gasteiger partial charge in [0, 0.05) is 29.4 Å². The topological polar surface area (TPSA) is 182 Å². The van der Waals surface area contributed by atoms with E-state index in [0.29, 0.717) is 47.9 Å². The summed E-state index contributed by atoms with van der Waals surface area (Å²) in [7, 11) is -4.02. The number of hydrogen-bond donors (Lipinski definition) is 3. The molecule has 1 aromatic carbocycles. The summed E-state index contributed by atoms with van der Waals surface area (Å²) in [5.74, 6) is -2.45. The molecular formula is C40H54FN5O9S. The van der Waals surface area contributed by atoms with E-state index in [4.69, 9.17) is 14.2 Å². The molecule has 0 bridgehead atoms. The number of nitrogens with one attached hydrogen (secondary N) is 3. The maximum Gasteiger partial charge on any atom is 0.408 e. The second kappa shape index (κ2) is 15.5. The molecule has 2 aromatic rings. The number of benzene rings is 1. The predicted molar refractivity (Wildman–Crippen MR) is 206 cm³/mol. The van der Waals surface area contributed by atoms with Crippen LogP contribution in [0.3, 0.4) is 0 Å². The van der Waals surface area contributed by atoms with E-state index < -0.39 is 79.6 Å². The van der Waals surface area contributed by atoms with Crippen molar-refractivity contribution >= 4 is 44.7 Å². The van der Waals surface area contributed by atoms with Crippen LogP contribution in [0.4, 0.5) is 9.18 Å². The van der Waals surface area contributed by atoms with Gasteiger partial charge in [-0.3, -0.25) is 19.1 Å². The van der Waals surface area contributed by atoms with E-state index in [1.165, 1.54) is 11.0 Å². The average Bonchev–Trinajstić information content (AvgIpc) is 3.97. The van der Waals surface area contributed by atoms with Crippen molar-refractivity contribution in [1.82, 2.24) is 25.2 Å². The Balaban J connectivity index is 1.35. The minimum atomic E-state index is -4.02. The van der Waals surface area contributed by atoms with E-state index in [-0.39, 0.29) is 37.8 Å². The van der Waals surface area contributed by atoms with Gasteiger partial charge in [0.05, 0.1) is 22.9 Å². The zero-order chi connectivity index (χ0) is 40.8. The van der Waals surface area contributed by atoms with Crippen molar-refractivity contribution in [2.75, 3.05) is 6.54 Å². The zero-order valence-electron chi connectivity index (χ0n) is 33.2. The molecule has 4 amide bonds. The summed E-state index contributed by atoms with van der Waals surface area (Å²) < 4.78 is 60.2. The monoisotopic (exact) mass is 799 g/mol. The minimum absolute atomic E-state index is 0.0182. The normalized spacial score (nSPS) is 27.2. The lowest BCUT2D eigenvalue weighted by Crippen LogP contribution is -2.58. The Morgan fingerprint density at radius 1 is 1.12 bits per heavy atom. The number of amides is 4. The number of sulfonamides is 1. The molecule has 3 N–H and O–H groups in total. The van der Waals surface area contributed by atoms with Gasteiger partial charge < -0.3 is 29.7 Å². The van der Waals surface area contributed by atoms with Crippen molar-refractivity contribution in [3.05, 3.63) is 41.7 Å². The summed E-state index contributed by atoms with van der Waals surface area (Å²) in [5.41, 5.74) is -1.76. The Kier molecular flexibility index (Phi) is 11.4. The summed E-state index contributed by atoms with van der Waals surface area (Å²) >= 11 is 0. The van der Waals surface area contributed by atoms with Gasteiger partial charge in [-0.25, -0.2) is 22.6 Å². The van der Waals surface area contributed by atoms with Crippen LogP contribution in [0, 0.1) is 18.7 Å². The van der Waals surface area contributed by atoms with Crippen LogP contribution < -0.4 is 24.8 Å². The summed E-state index contributed by atoms with van der Waals surface area (Å²) in [6.07, 6.45) is 6.00. The number of allylic oxidation sites excluding steroid dienone is 1. The summed E-state index contributed by atoms with van der Waals surface area (Å²) in [6.45, 7) is 11.9. The molecule has 4 aliphatic rings. The average molecular weight is 800 g/mol. The standard InChI is InChI=1S/C40H54FN5O9S/c1-23(2)53-32-20-31(27-15-16-28(41)24(3)33(27)43-32)54-26-19-30-34(47)44-40(36(49)45-56(51,52)39(7)17-18-39)21-25(40)13-11-9-8-10-12-14-29(35(48)46(30)22-26)42-37(50)55-38(4,5)6/h11,13,15-16,20,23,25-26,29-30H,8-10,12,14,17-19,21-22H2,1-7H3,(H,42,50)(H,44,47)(H,45,49)/b13-11-/t25-,26-,29+,30+,40-/m1/s1. The van der Waals surface area contributed by atoms with Crippen LogP contribution in [0.25, 0.3) is 10.9 Å². The first-order chi connectivity index (χ1) is 26.2. The van der Waals surface area contributed by atoms with Gasteiger partial charge in [0.1, 0.15) is 40.9 Å². The van der Waals surface area contributed by atoms with Crippen LogP contribution >= 0.6 is 0 Å². The van der Waals surface area contributed by atoms with Crippen molar-refractivity contribution < 1.29 is 46.2 Å². The van der Waals surface area contributed by atoms with Gasteiger partial charge in [-0.2, -0.15) is 0 Å². The molecule has 2 aliphatic carbocycles. The van der Waals surface area contributed by atoms with Gasteiger partial charge in [-0.15, -0.1) is 0 Å². The van der Waals surface area contributed by atoms with E-state index >= 15 is 0 Å². The van der Waals surface area contributed by atoms with Crippen molar-refractivity contribution in [3.63, 3.8) is 0 Å². The fraction of sp³-hybridized carbons (Fsp3) is 0.625. The highest BCUT2D eigenvalue weighted by molar-refractivity contribution is 7.91. The predicted octanol–water partition coefficient (Wildman–Crippen LogP) is 5.10. The molecule has 14 nitrogen and oxygen atoms in total. The fourth-order valence-electron chi connectivity index (χ4n) is 7.33. The molecule has 0 unspecified atom stereocenters. The Morgan fingerprint density at radius 3 is 2.54 bits per heavy atom. The molecule has 0 spiro atoms. The second-order valence-corrected chi connectivity index (χ2v) is 19.3. The minimum Gasteiger partial charge on any atom is -0.488 e. The van der Waals surface area contributed by atoms with Gasteiger partial charge in [0.15, 0.2) is 0 Å². The van der Waals surface area contributed by atoms with Gasteiger partial charge in [-0.1, -0.05) is 25.0 Å². The lowest BCUT2D eigenvalue weighted by molar-refractivity contribution is -0.141. The van der Waals surface area contributed by atoms with Crippen LogP contribution in [0.1, 0.15) is 105 Å². The Bertz CT molecular complexity index is 2030. The Hall–Kier alpha value is -4.47. The molecule has 56 heavy (non-hydrogen) atoms. The van der Waals surface area contributed by atoms with Crippen LogP contribution in [0.15, 0.2) is 30.4 Å². The maximum atomic E-state index is 14.7. The number of fused-ring (bicyclic) bond motifs is 3. The second-order valence-electron chi connectivity index (χ2n) is 17.1. The molecule has 3 fully saturated rings. The van der Waals surface area contributed by atoms with Gasteiger partial charge in [0.2, 0.25) is 27.7 Å². The largest absolute Gasteiger partial charge is 0.488 e. The maximum absolute atomic E-state index is 14.7. The molecule has 2 aliphatic heterocycles. The Labute approximate surface area is 327 Å². The summed E-state index contributed by atoms with van der Waals surface area (Å²) in [4.78, 5) is 61.8. The lowest BCUT2D eigenvalue weighted by atomic mass is 10.0. The summed E-state index contributed by atoms with van der Waals surface area (Å²) in [6, 6.07) is 2.23. The molecule has 0 radical (unpaired) electrons. The third-order valence-corrected chi connectivity index (χ3v) is 13.1. The van der Waals surface area contributed by atoms with Gasteiger partial charge >= 0.3 is 6.09 Å². The SMILES string of the molecule is Cc1c(F)ccc2c(O[C@@H]3C[C@H]4C(=O)N[C@]5(C(=O)NS(=O)(=O)C6(C)CC6)C[C@H]5/C=C\CCCCC[C@H](NC(=O)OC(C)(C)C)C(=O)N4C3)cc(OC(C)C)nc12. The highest BCUT2D eigenvalue weighted by Crippen LogP contribution is 2.47. The lowest BCUT2D eigenvalue weighted by Gasteiger charge is -2.30. The molecule has 6 rings (SSSR count). The van der Waals surface area contributed by atoms with E-state index in [0.717, 1.165) is 12.8 Å². The number of carbonyl (C=O) groups excluding carboxylic acids is 4.